The summed E-state index contributed by atoms with van der Waals surface area (Å²) in [5.74, 6) is -0.426. The number of hydrogen-bond acceptors (Lipinski definition) is 3. The van der Waals surface area contributed by atoms with E-state index < -0.39 is 41.8 Å². The van der Waals surface area contributed by atoms with Gasteiger partial charge in [0.15, 0.2) is 0 Å². The van der Waals surface area contributed by atoms with Gasteiger partial charge in [-0.25, -0.2) is 9.59 Å². The molecular weight excluding hydrogens is 341 g/mol. The molecule has 3 saturated heterocycles. The lowest BCUT2D eigenvalue weighted by molar-refractivity contribution is -0.137. The number of piperazine rings is 1. The Kier molecular flexibility index (Phi) is 3.21. The van der Waals surface area contributed by atoms with E-state index in [2.05, 4.69) is 10.6 Å². The maximum absolute atomic E-state index is 12.6. The largest absolute Gasteiger partial charge is 0.416 e. The summed E-state index contributed by atoms with van der Waals surface area (Å²) < 4.78 is 37.7. The van der Waals surface area contributed by atoms with E-state index in [0.29, 0.717) is 6.42 Å². The highest BCUT2D eigenvalue weighted by Crippen LogP contribution is 2.38. The van der Waals surface area contributed by atoms with Gasteiger partial charge in [0.1, 0.15) is 6.04 Å². The van der Waals surface area contributed by atoms with Gasteiger partial charge in [0.05, 0.1) is 17.6 Å². The van der Waals surface area contributed by atoms with Crippen molar-refractivity contribution in [2.45, 2.75) is 30.7 Å². The minimum atomic E-state index is -4.44. The summed E-state index contributed by atoms with van der Waals surface area (Å²) in [5.41, 5.74) is -0.577. The van der Waals surface area contributed by atoms with Crippen molar-refractivity contribution in [3.63, 3.8) is 0 Å². The van der Waals surface area contributed by atoms with Crippen LogP contribution in [-0.2, 0) is 11.0 Å². The molecule has 5 amide bonds. The average Bonchev–Trinajstić information content (AvgIpc) is 3.19. The molecule has 0 aliphatic carbocycles. The lowest BCUT2D eigenvalue weighted by Gasteiger charge is -2.34. The highest BCUT2D eigenvalue weighted by atomic mass is 19.4. The molecule has 3 atom stereocenters. The third-order valence-electron chi connectivity index (χ3n) is 4.84. The van der Waals surface area contributed by atoms with Crippen molar-refractivity contribution in [2.24, 2.45) is 0 Å². The van der Waals surface area contributed by atoms with Gasteiger partial charge in [-0.05, 0) is 30.7 Å². The second kappa shape index (κ2) is 5.11. The molecule has 3 aliphatic rings. The van der Waals surface area contributed by atoms with E-state index >= 15 is 0 Å². The third kappa shape index (κ3) is 2.39. The summed E-state index contributed by atoms with van der Waals surface area (Å²) in [4.78, 5) is 38.9. The summed E-state index contributed by atoms with van der Waals surface area (Å²) in [7, 11) is 0. The quantitative estimate of drug-likeness (QED) is 0.752. The summed E-state index contributed by atoms with van der Waals surface area (Å²) in [5, 5.41) is 4.77. The van der Waals surface area contributed by atoms with Crippen LogP contribution in [0, 0.1) is 0 Å². The van der Waals surface area contributed by atoms with Gasteiger partial charge < -0.3 is 15.1 Å². The first-order valence-corrected chi connectivity index (χ1v) is 7.64. The first-order valence-electron chi connectivity index (χ1n) is 7.64. The van der Waals surface area contributed by atoms with Crippen molar-refractivity contribution in [3.8, 4) is 0 Å². The maximum atomic E-state index is 12.6. The lowest BCUT2D eigenvalue weighted by Crippen LogP contribution is -2.55. The molecule has 3 fully saturated rings. The molecule has 2 N–H and O–H groups in total. The Morgan fingerprint density at radius 3 is 2.52 bits per heavy atom. The van der Waals surface area contributed by atoms with E-state index in [9.17, 15) is 27.6 Å². The number of halogens is 3. The highest BCUT2D eigenvalue weighted by molar-refractivity contribution is 6.06. The highest BCUT2D eigenvalue weighted by Gasteiger charge is 2.60. The van der Waals surface area contributed by atoms with E-state index in [0.717, 1.165) is 12.1 Å². The standard InChI is InChI=1S/C15H13F3N4O3/c16-15(17,18)7-1-3-8(4-2-7)19-13(24)21-6-9-5-10(21)11-12(23)20-14(25)22(9)11/h1-4,9-11H,5-6H2,(H,19,24)(H,20,23,25). The fourth-order valence-corrected chi connectivity index (χ4v) is 3.76. The van der Waals surface area contributed by atoms with Crippen LogP contribution in [0.25, 0.3) is 0 Å². The van der Waals surface area contributed by atoms with Gasteiger partial charge in [-0.3, -0.25) is 10.1 Å². The van der Waals surface area contributed by atoms with Crippen LogP contribution in [0.2, 0.25) is 0 Å². The molecule has 1 aromatic carbocycles. The minimum Gasteiger partial charge on any atom is -0.317 e. The molecule has 4 rings (SSSR count). The van der Waals surface area contributed by atoms with Crippen LogP contribution < -0.4 is 10.6 Å². The van der Waals surface area contributed by atoms with E-state index in [-0.39, 0.29) is 18.3 Å². The summed E-state index contributed by atoms with van der Waals surface area (Å²) in [6, 6.07) is 1.84. The van der Waals surface area contributed by atoms with Gasteiger partial charge >= 0.3 is 18.2 Å². The monoisotopic (exact) mass is 354 g/mol. The zero-order valence-electron chi connectivity index (χ0n) is 12.7. The van der Waals surface area contributed by atoms with Crippen molar-refractivity contribution in [3.05, 3.63) is 29.8 Å². The number of anilines is 1. The summed E-state index contributed by atoms with van der Waals surface area (Å²) >= 11 is 0. The van der Waals surface area contributed by atoms with E-state index in [1.54, 1.807) is 0 Å². The van der Waals surface area contributed by atoms with Crippen LogP contribution in [0.4, 0.5) is 28.4 Å². The summed E-state index contributed by atoms with van der Waals surface area (Å²) in [6.45, 7) is 0.286. The fraction of sp³-hybridized carbons (Fsp3) is 0.400. The van der Waals surface area contributed by atoms with Gasteiger partial charge in [-0.15, -0.1) is 0 Å². The SMILES string of the molecule is O=C1NC(=O)N2C3CC(C12)N(C(=O)Nc1ccc(C(F)(F)F)cc1)C3. The molecule has 0 radical (unpaired) electrons. The predicted molar refractivity (Wildman–Crippen MR) is 78.5 cm³/mol. The maximum Gasteiger partial charge on any atom is 0.416 e. The number of amides is 5. The van der Waals surface area contributed by atoms with Crippen LogP contribution in [0.1, 0.15) is 12.0 Å². The second-order valence-electron chi connectivity index (χ2n) is 6.26. The normalized spacial score (nSPS) is 27.6. The van der Waals surface area contributed by atoms with E-state index in [1.165, 1.54) is 21.9 Å². The molecule has 0 saturated carbocycles. The number of rotatable bonds is 1. The average molecular weight is 354 g/mol. The van der Waals surface area contributed by atoms with Gasteiger partial charge in [0.2, 0.25) is 0 Å². The number of fused-ring (bicyclic) bond motifs is 5. The molecule has 3 unspecified atom stereocenters. The molecule has 7 nitrogen and oxygen atoms in total. The topological polar surface area (TPSA) is 81.8 Å². The molecule has 0 aromatic heterocycles. The number of nitrogens with one attached hydrogen (secondary N) is 2. The fourth-order valence-electron chi connectivity index (χ4n) is 3.76. The van der Waals surface area contributed by atoms with Gasteiger partial charge in [0, 0.05) is 12.2 Å². The molecule has 0 spiro atoms. The van der Waals surface area contributed by atoms with Crippen molar-refractivity contribution in [1.29, 1.82) is 0 Å². The van der Waals surface area contributed by atoms with E-state index in [4.69, 9.17) is 0 Å². The van der Waals surface area contributed by atoms with Crippen LogP contribution in [0.3, 0.4) is 0 Å². The van der Waals surface area contributed by atoms with Gasteiger partial charge in [-0.1, -0.05) is 0 Å². The van der Waals surface area contributed by atoms with Gasteiger partial charge in [-0.2, -0.15) is 13.2 Å². The van der Waals surface area contributed by atoms with Crippen molar-refractivity contribution >= 4 is 23.7 Å². The van der Waals surface area contributed by atoms with Crippen molar-refractivity contribution < 1.29 is 27.6 Å². The minimum absolute atomic E-state index is 0.222. The molecular formula is C15H13F3N4O3. The number of hydrogen-bond donors (Lipinski definition) is 2. The first kappa shape index (κ1) is 15.7. The first-order chi connectivity index (χ1) is 11.8. The molecule has 3 aliphatic heterocycles. The van der Waals surface area contributed by atoms with Crippen molar-refractivity contribution in [1.82, 2.24) is 15.1 Å². The van der Waals surface area contributed by atoms with E-state index in [1.807, 2.05) is 0 Å². The predicted octanol–water partition coefficient (Wildman–Crippen LogP) is 1.61. The second-order valence-corrected chi connectivity index (χ2v) is 6.26. The Morgan fingerprint density at radius 2 is 1.88 bits per heavy atom. The molecule has 2 bridgehead atoms. The molecule has 25 heavy (non-hydrogen) atoms. The smallest absolute Gasteiger partial charge is 0.317 e. The Bertz CT molecular complexity index is 764. The Hall–Kier alpha value is -2.78. The number of benzene rings is 1. The zero-order chi connectivity index (χ0) is 17.9. The number of carbonyl (C=O) groups excluding carboxylic acids is 3. The molecule has 10 heteroatoms. The van der Waals surface area contributed by atoms with Crippen LogP contribution in [-0.4, -0.2) is 52.4 Å². The molecule has 132 valence electrons. The van der Waals surface area contributed by atoms with Crippen LogP contribution in [0.15, 0.2) is 24.3 Å². The number of alkyl halides is 3. The van der Waals surface area contributed by atoms with Crippen LogP contribution >= 0.6 is 0 Å². The summed E-state index contributed by atoms with van der Waals surface area (Å²) in [6.07, 6.45) is -3.92. The number of urea groups is 2. The van der Waals surface area contributed by atoms with Gasteiger partial charge in [0.25, 0.3) is 5.91 Å². The third-order valence-corrected chi connectivity index (χ3v) is 4.84. The zero-order valence-corrected chi connectivity index (χ0v) is 12.7. The molecule has 1 aromatic rings. The van der Waals surface area contributed by atoms with Crippen LogP contribution in [0.5, 0.6) is 0 Å². The lowest BCUT2D eigenvalue weighted by atomic mass is 10.1. The van der Waals surface area contributed by atoms with Crippen molar-refractivity contribution in [2.75, 3.05) is 11.9 Å². The Labute approximate surface area is 139 Å². The number of likely N-dealkylation sites (tertiary alicyclic amines) is 1. The number of nitrogens with zero attached hydrogens (tertiary/aromatic N) is 2. The molecule has 3 heterocycles. The number of imide groups is 1. The Morgan fingerprint density at radius 1 is 1.20 bits per heavy atom. The Balaban J connectivity index is 1.46. The number of carbonyl (C=O) groups is 3.